The normalized spacial score (nSPS) is 10.7. The van der Waals surface area contributed by atoms with Crippen molar-refractivity contribution in [3.63, 3.8) is 0 Å². The largest absolute Gasteiger partial charge is 0.493 e. The molecule has 140 valence electrons. The number of benzene rings is 3. The summed E-state index contributed by atoms with van der Waals surface area (Å²) in [4.78, 5) is 8.23. The molecule has 0 atom stereocenters. The van der Waals surface area contributed by atoms with Crippen molar-refractivity contribution in [1.82, 2.24) is 9.97 Å². The number of aromatic nitrogens is 2. The molecule has 0 radical (unpaired) electrons. The standard InChI is InChI=1S/C23H19FN2O2/c1-27-19-13-10-17(14-20(19)28-2)23-25-21(15-6-4-3-5-7-15)22(26-23)16-8-11-18(24)12-9-16/h3-14H,1-2H3,(H,25,26). The van der Waals surface area contributed by atoms with E-state index >= 15 is 0 Å². The second kappa shape index (κ2) is 7.56. The third-order valence-corrected chi connectivity index (χ3v) is 4.54. The Bertz CT molecular complexity index is 1090. The number of aromatic amines is 1. The molecule has 1 N–H and O–H groups in total. The molecular weight excluding hydrogens is 355 g/mol. The fourth-order valence-electron chi connectivity index (χ4n) is 3.12. The molecule has 0 saturated carbocycles. The number of rotatable bonds is 5. The van der Waals surface area contributed by atoms with Gasteiger partial charge < -0.3 is 14.5 Å². The smallest absolute Gasteiger partial charge is 0.161 e. The molecule has 1 heterocycles. The fraction of sp³-hybridized carbons (Fsp3) is 0.0870. The van der Waals surface area contributed by atoms with Gasteiger partial charge in [0.1, 0.15) is 11.6 Å². The Hall–Kier alpha value is -3.60. The van der Waals surface area contributed by atoms with Crippen LogP contribution in [0.15, 0.2) is 72.8 Å². The molecule has 0 aliphatic heterocycles. The van der Waals surface area contributed by atoms with Gasteiger partial charge in [-0.05, 0) is 42.5 Å². The van der Waals surface area contributed by atoms with Gasteiger partial charge in [-0.3, -0.25) is 0 Å². The van der Waals surface area contributed by atoms with Gasteiger partial charge in [0.2, 0.25) is 0 Å². The summed E-state index contributed by atoms with van der Waals surface area (Å²) >= 11 is 0. The van der Waals surface area contributed by atoms with Crippen LogP contribution in [0.1, 0.15) is 0 Å². The van der Waals surface area contributed by atoms with Crippen molar-refractivity contribution in [1.29, 1.82) is 0 Å². The van der Waals surface area contributed by atoms with E-state index in [2.05, 4.69) is 4.98 Å². The predicted molar refractivity (Wildman–Crippen MR) is 108 cm³/mol. The van der Waals surface area contributed by atoms with Crippen molar-refractivity contribution in [2.45, 2.75) is 0 Å². The zero-order valence-corrected chi connectivity index (χ0v) is 15.6. The van der Waals surface area contributed by atoms with E-state index in [0.29, 0.717) is 17.3 Å². The molecule has 0 amide bonds. The number of nitrogens with zero attached hydrogens (tertiary/aromatic N) is 1. The van der Waals surface area contributed by atoms with Gasteiger partial charge in [0.25, 0.3) is 0 Å². The van der Waals surface area contributed by atoms with Crippen LogP contribution >= 0.6 is 0 Å². The van der Waals surface area contributed by atoms with Gasteiger partial charge in [0.15, 0.2) is 11.5 Å². The molecule has 0 saturated heterocycles. The molecule has 0 aliphatic rings. The van der Waals surface area contributed by atoms with Crippen LogP contribution < -0.4 is 9.47 Å². The molecule has 4 rings (SSSR count). The van der Waals surface area contributed by atoms with Gasteiger partial charge in [-0.25, -0.2) is 9.37 Å². The summed E-state index contributed by atoms with van der Waals surface area (Å²) in [5.41, 5.74) is 4.33. The average Bonchev–Trinajstić information content (AvgIpc) is 3.20. The van der Waals surface area contributed by atoms with Crippen molar-refractivity contribution in [3.05, 3.63) is 78.6 Å². The molecule has 3 aromatic carbocycles. The molecule has 0 spiro atoms. The lowest BCUT2D eigenvalue weighted by Crippen LogP contribution is -1.91. The molecule has 0 unspecified atom stereocenters. The third-order valence-electron chi connectivity index (χ3n) is 4.54. The number of ether oxygens (including phenoxy) is 2. The quantitative estimate of drug-likeness (QED) is 0.497. The number of H-pyrrole nitrogens is 1. The molecular formula is C23H19FN2O2. The predicted octanol–water partition coefficient (Wildman–Crippen LogP) is 5.57. The summed E-state index contributed by atoms with van der Waals surface area (Å²) in [6.07, 6.45) is 0. The highest BCUT2D eigenvalue weighted by molar-refractivity contribution is 5.81. The minimum atomic E-state index is -0.273. The molecule has 0 bridgehead atoms. The van der Waals surface area contributed by atoms with Crippen molar-refractivity contribution in [2.75, 3.05) is 14.2 Å². The van der Waals surface area contributed by atoms with Crippen LogP contribution in [-0.2, 0) is 0 Å². The molecule has 0 aliphatic carbocycles. The first-order valence-electron chi connectivity index (χ1n) is 8.83. The summed E-state index contributed by atoms with van der Waals surface area (Å²) < 4.78 is 24.1. The average molecular weight is 374 g/mol. The van der Waals surface area contributed by atoms with E-state index in [1.807, 2.05) is 48.5 Å². The van der Waals surface area contributed by atoms with Gasteiger partial charge in [0.05, 0.1) is 25.6 Å². The monoisotopic (exact) mass is 374 g/mol. The van der Waals surface area contributed by atoms with Crippen molar-refractivity contribution < 1.29 is 13.9 Å². The van der Waals surface area contributed by atoms with E-state index in [1.54, 1.807) is 26.4 Å². The number of halogens is 1. The number of nitrogens with one attached hydrogen (secondary N) is 1. The maximum Gasteiger partial charge on any atom is 0.161 e. The lowest BCUT2D eigenvalue weighted by molar-refractivity contribution is 0.355. The van der Waals surface area contributed by atoms with Crippen LogP contribution in [0.5, 0.6) is 11.5 Å². The first-order chi connectivity index (χ1) is 13.7. The Labute approximate surface area is 162 Å². The molecule has 1 aromatic heterocycles. The van der Waals surface area contributed by atoms with E-state index < -0.39 is 0 Å². The highest BCUT2D eigenvalue weighted by atomic mass is 19.1. The second-order valence-electron chi connectivity index (χ2n) is 6.25. The molecule has 28 heavy (non-hydrogen) atoms. The van der Waals surface area contributed by atoms with Crippen LogP contribution in [0.3, 0.4) is 0 Å². The summed E-state index contributed by atoms with van der Waals surface area (Å²) in [7, 11) is 3.20. The molecule has 4 nitrogen and oxygen atoms in total. The number of methoxy groups -OCH3 is 2. The number of hydrogen-bond acceptors (Lipinski definition) is 3. The summed E-state index contributed by atoms with van der Waals surface area (Å²) in [5.74, 6) is 1.70. The van der Waals surface area contributed by atoms with Crippen LogP contribution in [-0.4, -0.2) is 24.2 Å². The zero-order valence-electron chi connectivity index (χ0n) is 15.6. The van der Waals surface area contributed by atoms with Crippen LogP contribution in [0.25, 0.3) is 33.9 Å². The number of hydrogen-bond donors (Lipinski definition) is 1. The Kier molecular flexibility index (Phi) is 4.81. The first kappa shape index (κ1) is 17.8. The van der Waals surface area contributed by atoms with Crippen molar-refractivity contribution in [2.24, 2.45) is 0 Å². The topological polar surface area (TPSA) is 47.1 Å². The van der Waals surface area contributed by atoms with E-state index in [0.717, 1.165) is 28.1 Å². The number of imidazole rings is 1. The van der Waals surface area contributed by atoms with Gasteiger partial charge in [-0.2, -0.15) is 0 Å². The molecule has 4 aromatic rings. The maximum absolute atomic E-state index is 13.4. The third kappa shape index (κ3) is 3.34. The van der Waals surface area contributed by atoms with Crippen LogP contribution in [0.2, 0.25) is 0 Å². The Morgan fingerprint density at radius 3 is 2.11 bits per heavy atom. The minimum absolute atomic E-state index is 0.273. The van der Waals surface area contributed by atoms with Gasteiger partial charge >= 0.3 is 0 Å². The molecule has 0 fully saturated rings. The van der Waals surface area contributed by atoms with E-state index in [9.17, 15) is 4.39 Å². The Balaban J connectivity index is 1.87. The Morgan fingerprint density at radius 2 is 1.43 bits per heavy atom. The van der Waals surface area contributed by atoms with Crippen molar-refractivity contribution >= 4 is 0 Å². The summed E-state index contributed by atoms with van der Waals surface area (Å²) in [6, 6.07) is 21.9. The van der Waals surface area contributed by atoms with Crippen molar-refractivity contribution in [3.8, 4) is 45.4 Å². The SMILES string of the molecule is COc1ccc(-c2nc(-c3ccccc3)c(-c3ccc(F)cc3)[nH]2)cc1OC. The highest BCUT2D eigenvalue weighted by Gasteiger charge is 2.16. The lowest BCUT2D eigenvalue weighted by atomic mass is 10.1. The Morgan fingerprint density at radius 1 is 0.750 bits per heavy atom. The lowest BCUT2D eigenvalue weighted by Gasteiger charge is -2.08. The maximum atomic E-state index is 13.4. The van der Waals surface area contributed by atoms with Gasteiger partial charge in [-0.15, -0.1) is 0 Å². The summed E-state index contributed by atoms with van der Waals surface area (Å²) in [5, 5.41) is 0. The molecule has 5 heteroatoms. The highest BCUT2D eigenvalue weighted by Crippen LogP contribution is 2.36. The summed E-state index contributed by atoms with van der Waals surface area (Å²) in [6.45, 7) is 0. The van der Waals surface area contributed by atoms with Gasteiger partial charge in [0, 0.05) is 16.7 Å². The van der Waals surface area contributed by atoms with Crippen LogP contribution in [0, 0.1) is 5.82 Å². The van der Waals surface area contributed by atoms with Gasteiger partial charge in [-0.1, -0.05) is 30.3 Å². The van der Waals surface area contributed by atoms with E-state index in [4.69, 9.17) is 14.5 Å². The van der Waals surface area contributed by atoms with Crippen LogP contribution in [0.4, 0.5) is 4.39 Å². The second-order valence-corrected chi connectivity index (χ2v) is 6.25. The minimum Gasteiger partial charge on any atom is -0.493 e. The fourth-order valence-corrected chi connectivity index (χ4v) is 3.12. The van der Waals surface area contributed by atoms with E-state index in [-0.39, 0.29) is 5.82 Å². The first-order valence-corrected chi connectivity index (χ1v) is 8.83. The van der Waals surface area contributed by atoms with E-state index in [1.165, 1.54) is 12.1 Å². The zero-order chi connectivity index (χ0) is 19.5.